The van der Waals surface area contributed by atoms with Crippen LogP contribution in [0.25, 0.3) is 10.8 Å². The van der Waals surface area contributed by atoms with Gasteiger partial charge in [-0.2, -0.15) is 0 Å². The fourth-order valence-electron chi connectivity index (χ4n) is 2.47. The maximum Gasteiger partial charge on any atom is 0.304 e. The minimum Gasteiger partial charge on any atom is -0.508 e. The van der Waals surface area contributed by atoms with Gasteiger partial charge in [0.25, 0.3) is 0 Å². The van der Waals surface area contributed by atoms with Crippen LogP contribution in [0.3, 0.4) is 0 Å². The summed E-state index contributed by atoms with van der Waals surface area (Å²) in [6.07, 6.45) is -0.0320. The Morgan fingerprint density at radius 3 is 2.58 bits per heavy atom. The Morgan fingerprint density at radius 1 is 1.26 bits per heavy atom. The second-order valence-corrected chi connectivity index (χ2v) is 6.20. The minimum atomic E-state index is -0.876. The molecule has 3 nitrogen and oxygen atoms in total. The van der Waals surface area contributed by atoms with Crippen LogP contribution in [0.15, 0.2) is 34.8 Å². The zero-order chi connectivity index (χ0) is 14.2. The molecule has 0 fully saturated rings. The molecule has 0 unspecified atom stereocenters. The van der Waals surface area contributed by atoms with Crippen molar-refractivity contribution in [2.75, 3.05) is 0 Å². The van der Waals surface area contributed by atoms with E-state index in [1.807, 2.05) is 38.1 Å². The van der Waals surface area contributed by atoms with Gasteiger partial charge < -0.3 is 10.2 Å². The summed E-state index contributed by atoms with van der Waals surface area (Å²) in [5.74, 6) is -0.736. The van der Waals surface area contributed by atoms with E-state index in [1.165, 1.54) is 0 Å². The zero-order valence-corrected chi connectivity index (χ0v) is 12.4. The molecule has 0 aliphatic carbocycles. The lowest BCUT2D eigenvalue weighted by atomic mass is 9.78. The summed E-state index contributed by atoms with van der Waals surface area (Å²) in [5, 5.41) is 21.0. The van der Waals surface area contributed by atoms with Gasteiger partial charge in [0.1, 0.15) is 5.75 Å². The first kappa shape index (κ1) is 13.9. The molecule has 0 amide bonds. The Balaban J connectivity index is 2.71. The number of hydrogen-bond donors (Lipinski definition) is 2. The van der Waals surface area contributed by atoms with E-state index in [1.54, 1.807) is 6.07 Å². The third-order valence-electron chi connectivity index (χ3n) is 3.23. The van der Waals surface area contributed by atoms with Gasteiger partial charge in [0.05, 0.1) is 6.42 Å². The molecule has 0 bridgehead atoms. The van der Waals surface area contributed by atoms with Crippen molar-refractivity contribution in [2.24, 2.45) is 0 Å². The molecule has 0 atom stereocenters. The Bertz CT molecular complexity index is 647. The predicted octanol–water partition coefficient (Wildman–Crippen LogP) is 4.06. The van der Waals surface area contributed by atoms with E-state index in [9.17, 15) is 9.90 Å². The molecule has 0 saturated carbocycles. The van der Waals surface area contributed by atoms with E-state index in [0.717, 1.165) is 15.2 Å². The largest absolute Gasteiger partial charge is 0.508 e. The lowest BCUT2D eigenvalue weighted by Gasteiger charge is -2.26. The van der Waals surface area contributed by atoms with Crippen LogP contribution in [0, 0.1) is 0 Å². The number of fused-ring (bicyclic) bond motifs is 1. The van der Waals surface area contributed by atoms with Gasteiger partial charge in [0.15, 0.2) is 0 Å². The molecule has 0 radical (unpaired) electrons. The molecular formula is C15H15BrO3. The van der Waals surface area contributed by atoms with Gasteiger partial charge in [-0.1, -0.05) is 41.9 Å². The van der Waals surface area contributed by atoms with Gasteiger partial charge in [-0.05, 0) is 29.0 Å². The topological polar surface area (TPSA) is 57.5 Å². The molecule has 0 aromatic heterocycles. The number of benzene rings is 2. The maximum absolute atomic E-state index is 11.0. The van der Waals surface area contributed by atoms with Crippen LogP contribution in [0.2, 0.25) is 0 Å². The first-order valence-corrected chi connectivity index (χ1v) is 6.74. The Kier molecular flexibility index (Phi) is 3.54. The standard InChI is InChI=1S/C15H15BrO3/c1-15(2,8-13(18)19)14-11-5-4-10(16)7-9(11)3-6-12(14)17/h3-7,17H,8H2,1-2H3,(H,18,19). The van der Waals surface area contributed by atoms with Crippen LogP contribution >= 0.6 is 15.9 Å². The van der Waals surface area contributed by atoms with Gasteiger partial charge in [-0.15, -0.1) is 0 Å². The summed E-state index contributed by atoms with van der Waals surface area (Å²) in [6, 6.07) is 9.19. The number of halogens is 1. The number of phenols is 1. The highest BCUT2D eigenvalue weighted by atomic mass is 79.9. The molecular weight excluding hydrogens is 308 g/mol. The van der Waals surface area contributed by atoms with Crippen molar-refractivity contribution in [3.05, 3.63) is 40.4 Å². The first-order chi connectivity index (χ1) is 8.81. The fraction of sp³-hybridized carbons (Fsp3) is 0.267. The second kappa shape index (κ2) is 4.85. The number of phenolic OH excluding ortho intramolecular Hbond substituents is 1. The summed E-state index contributed by atoms with van der Waals surface area (Å²) in [5.41, 5.74) is 0.0448. The smallest absolute Gasteiger partial charge is 0.304 e. The van der Waals surface area contributed by atoms with Gasteiger partial charge in [-0.3, -0.25) is 4.79 Å². The molecule has 0 saturated heterocycles. The summed E-state index contributed by atoms with van der Waals surface area (Å²) < 4.78 is 0.952. The number of rotatable bonds is 3. The lowest BCUT2D eigenvalue weighted by Crippen LogP contribution is -2.22. The third-order valence-corrected chi connectivity index (χ3v) is 3.72. The first-order valence-electron chi connectivity index (χ1n) is 5.95. The lowest BCUT2D eigenvalue weighted by molar-refractivity contribution is -0.138. The van der Waals surface area contributed by atoms with Crippen LogP contribution in [0.1, 0.15) is 25.8 Å². The van der Waals surface area contributed by atoms with Crippen molar-refractivity contribution >= 4 is 32.7 Å². The molecule has 19 heavy (non-hydrogen) atoms. The molecule has 2 N–H and O–H groups in total. The van der Waals surface area contributed by atoms with Crippen molar-refractivity contribution < 1.29 is 15.0 Å². The van der Waals surface area contributed by atoms with Crippen LogP contribution in [-0.2, 0) is 10.2 Å². The van der Waals surface area contributed by atoms with E-state index in [2.05, 4.69) is 15.9 Å². The average molecular weight is 323 g/mol. The minimum absolute atomic E-state index is 0.0320. The van der Waals surface area contributed by atoms with Crippen molar-refractivity contribution in [1.82, 2.24) is 0 Å². The Hall–Kier alpha value is -1.55. The van der Waals surface area contributed by atoms with E-state index >= 15 is 0 Å². The summed E-state index contributed by atoms with van der Waals surface area (Å²) in [6.45, 7) is 3.66. The third kappa shape index (κ3) is 2.73. The van der Waals surface area contributed by atoms with Gasteiger partial charge in [0, 0.05) is 15.5 Å². The molecule has 100 valence electrons. The number of carboxylic acids is 1. The number of aromatic hydroxyl groups is 1. The normalized spacial score (nSPS) is 11.7. The quantitative estimate of drug-likeness (QED) is 0.895. The molecule has 2 aromatic carbocycles. The number of hydrogen-bond acceptors (Lipinski definition) is 2. The average Bonchev–Trinajstić information content (AvgIpc) is 2.27. The van der Waals surface area contributed by atoms with Gasteiger partial charge in [0.2, 0.25) is 0 Å². The van der Waals surface area contributed by atoms with Crippen molar-refractivity contribution in [1.29, 1.82) is 0 Å². The van der Waals surface area contributed by atoms with Crippen molar-refractivity contribution in [2.45, 2.75) is 25.7 Å². The van der Waals surface area contributed by atoms with Gasteiger partial charge >= 0.3 is 5.97 Å². The molecule has 0 aliphatic heterocycles. The highest BCUT2D eigenvalue weighted by Crippen LogP contribution is 2.39. The highest BCUT2D eigenvalue weighted by Gasteiger charge is 2.28. The van der Waals surface area contributed by atoms with E-state index in [0.29, 0.717) is 5.56 Å². The number of carbonyl (C=O) groups is 1. The summed E-state index contributed by atoms with van der Waals surface area (Å²) >= 11 is 3.41. The van der Waals surface area contributed by atoms with Gasteiger partial charge in [-0.25, -0.2) is 0 Å². The number of aliphatic carboxylic acids is 1. The summed E-state index contributed by atoms with van der Waals surface area (Å²) in [7, 11) is 0. The molecule has 0 aliphatic rings. The predicted molar refractivity (Wildman–Crippen MR) is 78.6 cm³/mol. The Labute approximate surface area is 120 Å². The number of carboxylic acid groups (broad SMARTS) is 1. The Morgan fingerprint density at radius 2 is 1.95 bits per heavy atom. The van der Waals surface area contributed by atoms with Crippen LogP contribution < -0.4 is 0 Å². The van der Waals surface area contributed by atoms with E-state index in [4.69, 9.17) is 5.11 Å². The van der Waals surface area contributed by atoms with Crippen LogP contribution in [0.5, 0.6) is 5.75 Å². The summed E-state index contributed by atoms with van der Waals surface area (Å²) in [4.78, 5) is 11.0. The van der Waals surface area contributed by atoms with Crippen molar-refractivity contribution in [3.8, 4) is 5.75 Å². The van der Waals surface area contributed by atoms with Crippen LogP contribution in [-0.4, -0.2) is 16.2 Å². The van der Waals surface area contributed by atoms with E-state index in [-0.39, 0.29) is 12.2 Å². The van der Waals surface area contributed by atoms with Crippen molar-refractivity contribution in [3.63, 3.8) is 0 Å². The van der Waals surface area contributed by atoms with Crippen LogP contribution in [0.4, 0.5) is 0 Å². The highest BCUT2D eigenvalue weighted by molar-refractivity contribution is 9.10. The maximum atomic E-state index is 11.0. The second-order valence-electron chi connectivity index (χ2n) is 5.28. The molecule has 0 spiro atoms. The SMILES string of the molecule is CC(C)(CC(=O)O)c1c(O)ccc2cc(Br)ccc12. The molecule has 4 heteroatoms. The monoisotopic (exact) mass is 322 g/mol. The van der Waals surface area contributed by atoms with E-state index < -0.39 is 11.4 Å². The molecule has 0 heterocycles. The zero-order valence-electron chi connectivity index (χ0n) is 10.8. The molecule has 2 rings (SSSR count). The fourth-order valence-corrected chi connectivity index (χ4v) is 2.85. The molecule has 2 aromatic rings.